The van der Waals surface area contributed by atoms with Crippen molar-refractivity contribution in [3.63, 3.8) is 0 Å². The lowest BCUT2D eigenvalue weighted by molar-refractivity contribution is 0.786. The summed E-state index contributed by atoms with van der Waals surface area (Å²) in [7, 11) is 0. The van der Waals surface area contributed by atoms with E-state index in [0.29, 0.717) is 10.8 Å². The van der Waals surface area contributed by atoms with Gasteiger partial charge in [0.05, 0.1) is 16.4 Å². The van der Waals surface area contributed by atoms with Gasteiger partial charge in [0.25, 0.3) is 0 Å². The molecule has 110 valence electrons. The van der Waals surface area contributed by atoms with Crippen LogP contribution in [0.4, 0.5) is 5.69 Å². The fourth-order valence-electron chi connectivity index (χ4n) is 1.85. The molecule has 3 aromatic rings. The highest BCUT2D eigenvalue weighted by Crippen LogP contribution is 2.20. The van der Waals surface area contributed by atoms with E-state index in [1.54, 1.807) is 17.0 Å². The van der Waals surface area contributed by atoms with Gasteiger partial charge in [-0.05, 0) is 46.8 Å². The number of aromatic nitrogens is 4. The van der Waals surface area contributed by atoms with E-state index in [-0.39, 0.29) is 0 Å². The Morgan fingerprint density at radius 3 is 2.64 bits per heavy atom. The first-order chi connectivity index (χ1) is 10.7. The Morgan fingerprint density at radius 2 is 1.86 bits per heavy atom. The number of nitrogens with one attached hydrogen (secondary N) is 1. The van der Waals surface area contributed by atoms with Crippen molar-refractivity contribution in [1.82, 2.24) is 20.2 Å². The molecule has 0 saturated carbocycles. The zero-order valence-electron chi connectivity index (χ0n) is 11.3. The molecule has 0 aliphatic heterocycles. The van der Waals surface area contributed by atoms with Gasteiger partial charge >= 0.3 is 0 Å². The van der Waals surface area contributed by atoms with Crippen LogP contribution in [0.25, 0.3) is 11.8 Å². The Bertz CT molecular complexity index is 798. The van der Waals surface area contributed by atoms with Gasteiger partial charge in [-0.2, -0.15) is 4.68 Å². The second-order valence-electron chi connectivity index (χ2n) is 4.38. The molecule has 0 radical (unpaired) electrons. The van der Waals surface area contributed by atoms with Crippen LogP contribution in [0.3, 0.4) is 0 Å². The van der Waals surface area contributed by atoms with Gasteiger partial charge < -0.3 is 5.32 Å². The van der Waals surface area contributed by atoms with Crippen molar-refractivity contribution in [3.05, 3.63) is 70.1 Å². The summed E-state index contributed by atoms with van der Waals surface area (Å²) >= 11 is 9.48. The number of tetrazole rings is 1. The predicted molar refractivity (Wildman–Crippen MR) is 91.0 cm³/mol. The second-order valence-corrected chi connectivity index (χ2v) is 5.71. The molecule has 1 aromatic heterocycles. The first-order valence-corrected chi connectivity index (χ1v) is 7.63. The highest BCUT2D eigenvalue weighted by atomic mass is 79.9. The molecule has 3 rings (SSSR count). The Hall–Kier alpha value is -2.18. The molecule has 0 amide bonds. The minimum Gasteiger partial charge on any atom is -0.360 e. The standard InChI is InChI=1S/C15H11BrClN5/c16-11-5-7-12(8-6-11)22-15(19-20-21-22)9-10-18-14-4-2-1-3-13(14)17/h1-10,18H/b10-9+. The van der Waals surface area contributed by atoms with Crippen molar-refractivity contribution in [2.45, 2.75) is 0 Å². The summed E-state index contributed by atoms with van der Waals surface area (Å²) in [6.45, 7) is 0. The van der Waals surface area contributed by atoms with E-state index in [1.807, 2.05) is 48.5 Å². The molecule has 0 spiro atoms. The molecule has 0 saturated heterocycles. The molecule has 0 aliphatic rings. The number of para-hydroxylation sites is 1. The minimum absolute atomic E-state index is 0.613. The molecule has 0 unspecified atom stereocenters. The van der Waals surface area contributed by atoms with Crippen LogP contribution in [0.2, 0.25) is 5.02 Å². The number of hydrogen-bond acceptors (Lipinski definition) is 4. The van der Waals surface area contributed by atoms with Gasteiger partial charge in [0, 0.05) is 16.7 Å². The monoisotopic (exact) mass is 375 g/mol. The largest absolute Gasteiger partial charge is 0.360 e. The topological polar surface area (TPSA) is 55.6 Å². The fraction of sp³-hybridized carbons (Fsp3) is 0. The molecule has 0 atom stereocenters. The van der Waals surface area contributed by atoms with Crippen LogP contribution in [-0.2, 0) is 0 Å². The maximum Gasteiger partial charge on any atom is 0.181 e. The van der Waals surface area contributed by atoms with E-state index in [0.717, 1.165) is 15.8 Å². The van der Waals surface area contributed by atoms with Gasteiger partial charge in [-0.1, -0.05) is 39.7 Å². The molecular formula is C15H11BrClN5. The normalized spacial score (nSPS) is 11.0. The number of hydrogen-bond donors (Lipinski definition) is 1. The Balaban J connectivity index is 1.79. The summed E-state index contributed by atoms with van der Waals surface area (Å²) in [6.07, 6.45) is 3.54. The zero-order chi connectivity index (χ0) is 15.4. The van der Waals surface area contributed by atoms with E-state index in [9.17, 15) is 0 Å². The van der Waals surface area contributed by atoms with Gasteiger partial charge in [-0.15, -0.1) is 5.10 Å². The molecule has 0 bridgehead atoms. The van der Waals surface area contributed by atoms with Crippen molar-refractivity contribution < 1.29 is 0 Å². The maximum absolute atomic E-state index is 6.08. The van der Waals surface area contributed by atoms with Crippen LogP contribution in [0.1, 0.15) is 5.82 Å². The molecule has 22 heavy (non-hydrogen) atoms. The van der Waals surface area contributed by atoms with Crippen molar-refractivity contribution in [3.8, 4) is 5.69 Å². The van der Waals surface area contributed by atoms with Crippen LogP contribution in [0.5, 0.6) is 0 Å². The van der Waals surface area contributed by atoms with Crippen LogP contribution in [-0.4, -0.2) is 20.2 Å². The van der Waals surface area contributed by atoms with Crippen LogP contribution in [0, 0.1) is 0 Å². The SMILES string of the molecule is Clc1ccccc1N/C=C/c1nnnn1-c1ccc(Br)cc1. The van der Waals surface area contributed by atoms with Gasteiger partial charge in [0.15, 0.2) is 5.82 Å². The van der Waals surface area contributed by atoms with Gasteiger partial charge in [0.2, 0.25) is 0 Å². The third-order valence-electron chi connectivity index (χ3n) is 2.91. The smallest absolute Gasteiger partial charge is 0.181 e. The van der Waals surface area contributed by atoms with E-state index in [1.165, 1.54) is 0 Å². The molecule has 5 nitrogen and oxygen atoms in total. The van der Waals surface area contributed by atoms with Crippen molar-refractivity contribution in [1.29, 1.82) is 0 Å². The summed E-state index contributed by atoms with van der Waals surface area (Å²) in [4.78, 5) is 0. The predicted octanol–water partition coefficient (Wildman–Crippen LogP) is 4.16. The van der Waals surface area contributed by atoms with Crippen molar-refractivity contribution >= 4 is 39.3 Å². The van der Waals surface area contributed by atoms with E-state index >= 15 is 0 Å². The Labute approximate surface area is 140 Å². The van der Waals surface area contributed by atoms with Gasteiger partial charge in [-0.25, -0.2) is 0 Å². The summed E-state index contributed by atoms with van der Waals surface area (Å²) in [6, 6.07) is 15.2. The second kappa shape index (κ2) is 6.72. The number of nitrogens with zero attached hydrogens (tertiary/aromatic N) is 4. The number of rotatable bonds is 4. The van der Waals surface area contributed by atoms with E-state index < -0.39 is 0 Å². The number of halogens is 2. The number of benzene rings is 2. The Morgan fingerprint density at radius 1 is 1.09 bits per heavy atom. The van der Waals surface area contributed by atoms with E-state index in [2.05, 4.69) is 36.8 Å². The van der Waals surface area contributed by atoms with Crippen LogP contribution < -0.4 is 5.32 Å². The van der Waals surface area contributed by atoms with Crippen LogP contribution >= 0.6 is 27.5 Å². The van der Waals surface area contributed by atoms with Crippen LogP contribution in [0.15, 0.2) is 59.2 Å². The quantitative estimate of drug-likeness (QED) is 0.743. The minimum atomic E-state index is 0.613. The Kier molecular flexibility index (Phi) is 4.50. The average Bonchev–Trinajstić information content (AvgIpc) is 2.98. The molecule has 2 aromatic carbocycles. The maximum atomic E-state index is 6.08. The zero-order valence-corrected chi connectivity index (χ0v) is 13.7. The average molecular weight is 377 g/mol. The van der Waals surface area contributed by atoms with Crippen molar-refractivity contribution in [2.75, 3.05) is 5.32 Å². The summed E-state index contributed by atoms with van der Waals surface area (Å²) < 4.78 is 2.65. The lowest BCUT2D eigenvalue weighted by atomic mass is 10.3. The molecular weight excluding hydrogens is 366 g/mol. The third-order valence-corrected chi connectivity index (χ3v) is 3.77. The summed E-state index contributed by atoms with van der Waals surface area (Å²) in [5.41, 5.74) is 1.70. The van der Waals surface area contributed by atoms with Crippen molar-refractivity contribution in [2.24, 2.45) is 0 Å². The lowest BCUT2D eigenvalue weighted by Crippen LogP contribution is -1.99. The van der Waals surface area contributed by atoms with Gasteiger partial charge in [-0.3, -0.25) is 0 Å². The lowest BCUT2D eigenvalue weighted by Gasteiger charge is -2.03. The van der Waals surface area contributed by atoms with Gasteiger partial charge in [0.1, 0.15) is 0 Å². The molecule has 7 heteroatoms. The summed E-state index contributed by atoms with van der Waals surface area (Å²) in [5.74, 6) is 0.613. The van der Waals surface area contributed by atoms with E-state index in [4.69, 9.17) is 11.6 Å². The molecule has 0 fully saturated rings. The third kappa shape index (κ3) is 3.35. The first-order valence-electron chi connectivity index (χ1n) is 6.46. The highest BCUT2D eigenvalue weighted by molar-refractivity contribution is 9.10. The number of anilines is 1. The molecule has 1 N–H and O–H groups in total. The summed E-state index contributed by atoms with van der Waals surface area (Å²) in [5, 5.41) is 15.5. The first kappa shape index (κ1) is 14.7. The molecule has 0 aliphatic carbocycles. The highest BCUT2D eigenvalue weighted by Gasteiger charge is 2.05. The fourth-order valence-corrected chi connectivity index (χ4v) is 2.30. The molecule has 1 heterocycles.